The van der Waals surface area contributed by atoms with E-state index in [4.69, 9.17) is 4.42 Å². The second kappa shape index (κ2) is 7.48. The predicted octanol–water partition coefficient (Wildman–Crippen LogP) is 5.55. The van der Waals surface area contributed by atoms with E-state index in [0.29, 0.717) is 39.8 Å². The fourth-order valence-corrected chi connectivity index (χ4v) is 5.52. The van der Waals surface area contributed by atoms with Gasteiger partial charge in [-0.05, 0) is 60.4 Å². The Labute approximate surface area is 203 Å². The van der Waals surface area contributed by atoms with Crippen LogP contribution in [0.3, 0.4) is 0 Å². The van der Waals surface area contributed by atoms with E-state index in [-0.39, 0.29) is 17.7 Å². The molecule has 2 heterocycles. The van der Waals surface area contributed by atoms with Crippen LogP contribution in [0.25, 0.3) is 27.8 Å². The summed E-state index contributed by atoms with van der Waals surface area (Å²) in [6.07, 6.45) is -3.85. The number of alkyl halides is 3. The second-order valence-corrected chi connectivity index (χ2v) is 9.54. The summed E-state index contributed by atoms with van der Waals surface area (Å²) in [4.78, 5) is 25.8. The number of aromatic nitrogens is 3. The maximum atomic E-state index is 13.9. The van der Waals surface area contributed by atoms with Gasteiger partial charge < -0.3 is 4.42 Å². The lowest BCUT2D eigenvalue weighted by Gasteiger charge is -2.16. The number of hydrogen-bond donors (Lipinski definition) is 0. The van der Waals surface area contributed by atoms with Gasteiger partial charge in [-0.3, -0.25) is 13.7 Å². The molecule has 1 aliphatic rings. The van der Waals surface area contributed by atoms with Crippen molar-refractivity contribution in [1.29, 1.82) is 0 Å². The molecule has 10 heteroatoms. The van der Waals surface area contributed by atoms with E-state index in [9.17, 15) is 22.8 Å². The maximum Gasteiger partial charge on any atom is 0.419 e. The number of nitrogens with zero attached hydrogens (tertiary/aromatic N) is 3. The Morgan fingerprint density at radius 3 is 2.54 bits per heavy atom. The third-order valence-electron chi connectivity index (χ3n) is 6.73. The second-order valence-electron chi connectivity index (χ2n) is 8.63. The van der Waals surface area contributed by atoms with Crippen LogP contribution in [-0.2, 0) is 19.6 Å². The van der Waals surface area contributed by atoms with Crippen molar-refractivity contribution in [2.45, 2.75) is 25.1 Å². The summed E-state index contributed by atoms with van der Waals surface area (Å²) in [7, 11) is 1.59. The number of halogens is 4. The lowest BCUT2D eigenvalue weighted by molar-refractivity contribution is -0.138. The zero-order chi connectivity index (χ0) is 24.6. The Morgan fingerprint density at radius 1 is 1.00 bits per heavy atom. The highest BCUT2D eigenvalue weighted by Gasteiger charge is 2.38. The molecular weight excluding hydrogens is 527 g/mol. The Balaban J connectivity index is 1.61. The molecular formula is C25H17BrF3N3O3. The molecule has 0 bridgehead atoms. The van der Waals surface area contributed by atoms with E-state index in [2.05, 4.69) is 15.9 Å². The van der Waals surface area contributed by atoms with Gasteiger partial charge in [-0.15, -0.1) is 0 Å². The molecule has 1 unspecified atom stereocenters. The van der Waals surface area contributed by atoms with Gasteiger partial charge in [0.05, 0.1) is 33.8 Å². The molecule has 1 aliphatic carbocycles. The number of aryl methyl sites for hydroxylation is 1. The van der Waals surface area contributed by atoms with Crippen LogP contribution in [0.4, 0.5) is 13.2 Å². The zero-order valence-corrected chi connectivity index (χ0v) is 19.9. The summed E-state index contributed by atoms with van der Waals surface area (Å²) in [5.41, 5.74) is 2.30. The normalized spacial score (nSPS) is 15.9. The SMILES string of the molecule is Cn1c(=O)oc2cc(-n3c(=O)n(C4CCc5c4cccc5C(F)(F)F)c4ccc(Br)cc43)ccc21. The molecule has 178 valence electrons. The molecule has 0 spiro atoms. The number of fused-ring (bicyclic) bond motifs is 3. The van der Waals surface area contributed by atoms with Crippen molar-refractivity contribution in [3.8, 4) is 5.69 Å². The lowest BCUT2D eigenvalue weighted by atomic mass is 10.0. The Morgan fingerprint density at radius 2 is 1.77 bits per heavy atom. The number of oxazole rings is 1. The average molecular weight is 544 g/mol. The topological polar surface area (TPSA) is 62.1 Å². The standard InChI is InChI=1S/C25H17BrF3N3O3/c1-30-20-9-6-14(12-22(20)35-24(30)34)31-21-11-13(26)5-8-19(21)32(23(31)33)18-10-7-15-16(18)3-2-4-17(15)25(27,28)29/h2-6,8-9,11-12,18H,7,10H2,1H3. The molecule has 0 N–H and O–H groups in total. The Kier molecular flexibility index (Phi) is 4.70. The first kappa shape index (κ1) is 22.0. The monoisotopic (exact) mass is 543 g/mol. The van der Waals surface area contributed by atoms with Crippen molar-refractivity contribution in [2.24, 2.45) is 7.05 Å². The van der Waals surface area contributed by atoms with Crippen LogP contribution in [0.15, 0.2) is 73.1 Å². The third kappa shape index (κ3) is 3.23. The van der Waals surface area contributed by atoms with Gasteiger partial charge in [0.25, 0.3) is 0 Å². The van der Waals surface area contributed by atoms with E-state index in [1.807, 2.05) is 0 Å². The molecule has 0 amide bonds. The van der Waals surface area contributed by atoms with Gasteiger partial charge in [-0.1, -0.05) is 28.1 Å². The van der Waals surface area contributed by atoms with Crippen LogP contribution in [0.2, 0.25) is 0 Å². The van der Waals surface area contributed by atoms with Gasteiger partial charge in [0, 0.05) is 17.6 Å². The quantitative estimate of drug-likeness (QED) is 0.293. The Hall–Kier alpha value is -3.53. The van der Waals surface area contributed by atoms with Gasteiger partial charge in [-0.2, -0.15) is 13.2 Å². The molecule has 6 nitrogen and oxygen atoms in total. The first-order valence-electron chi connectivity index (χ1n) is 10.9. The fourth-order valence-electron chi connectivity index (χ4n) is 5.17. The van der Waals surface area contributed by atoms with E-state index >= 15 is 0 Å². The van der Waals surface area contributed by atoms with Crippen LogP contribution in [0.1, 0.15) is 29.2 Å². The van der Waals surface area contributed by atoms with Gasteiger partial charge in [0.1, 0.15) is 0 Å². The molecule has 0 radical (unpaired) electrons. The first-order chi connectivity index (χ1) is 16.6. The molecule has 35 heavy (non-hydrogen) atoms. The largest absolute Gasteiger partial charge is 0.419 e. The summed E-state index contributed by atoms with van der Waals surface area (Å²) in [5.74, 6) is -0.516. The van der Waals surface area contributed by atoms with Crippen molar-refractivity contribution < 1.29 is 17.6 Å². The van der Waals surface area contributed by atoms with Gasteiger partial charge in [-0.25, -0.2) is 9.59 Å². The first-order valence-corrected chi connectivity index (χ1v) is 11.7. The molecule has 0 fully saturated rings. The smallest absolute Gasteiger partial charge is 0.408 e. The summed E-state index contributed by atoms with van der Waals surface area (Å²) >= 11 is 3.45. The number of hydrogen-bond acceptors (Lipinski definition) is 3. The third-order valence-corrected chi connectivity index (χ3v) is 7.22. The highest BCUT2D eigenvalue weighted by atomic mass is 79.9. The zero-order valence-electron chi connectivity index (χ0n) is 18.3. The van der Waals surface area contributed by atoms with Crippen LogP contribution in [-0.4, -0.2) is 13.7 Å². The minimum Gasteiger partial charge on any atom is -0.408 e. The number of benzene rings is 3. The maximum absolute atomic E-state index is 13.9. The predicted molar refractivity (Wildman–Crippen MR) is 128 cm³/mol. The molecule has 0 saturated heterocycles. The van der Waals surface area contributed by atoms with Gasteiger partial charge in [0.15, 0.2) is 5.58 Å². The highest BCUT2D eigenvalue weighted by Crippen LogP contribution is 2.42. The summed E-state index contributed by atoms with van der Waals surface area (Å²) in [6.45, 7) is 0. The fraction of sp³-hybridized carbons (Fsp3) is 0.200. The molecule has 6 rings (SSSR count). The van der Waals surface area contributed by atoms with E-state index in [0.717, 1.165) is 10.5 Å². The van der Waals surface area contributed by atoms with Gasteiger partial charge >= 0.3 is 17.6 Å². The summed E-state index contributed by atoms with van der Waals surface area (Å²) < 4.78 is 51.4. The number of imidazole rings is 1. The van der Waals surface area contributed by atoms with Crippen LogP contribution >= 0.6 is 15.9 Å². The summed E-state index contributed by atoms with van der Waals surface area (Å²) in [5, 5.41) is 0. The van der Waals surface area contributed by atoms with E-state index < -0.39 is 23.5 Å². The minimum atomic E-state index is -4.46. The van der Waals surface area contributed by atoms with E-state index in [1.54, 1.807) is 54.1 Å². The van der Waals surface area contributed by atoms with Crippen LogP contribution in [0, 0.1) is 0 Å². The molecule has 1 atom stereocenters. The Bertz CT molecular complexity index is 1770. The van der Waals surface area contributed by atoms with Gasteiger partial charge in [0.2, 0.25) is 0 Å². The van der Waals surface area contributed by atoms with Crippen molar-refractivity contribution in [1.82, 2.24) is 13.7 Å². The molecule has 3 aromatic carbocycles. The molecule has 0 aliphatic heterocycles. The van der Waals surface area contributed by atoms with Crippen LogP contribution < -0.4 is 11.4 Å². The molecule has 0 saturated carbocycles. The lowest BCUT2D eigenvalue weighted by Crippen LogP contribution is -2.26. The highest BCUT2D eigenvalue weighted by molar-refractivity contribution is 9.10. The minimum absolute atomic E-state index is 0.229. The van der Waals surface area contributed by atoms with Crippen LogP contribution in [0.5, 0.6) is 0 Å². The van der Waals surface area contributed by atoms with E-state index in [1.165, 1.54) is 15.2 Å². The van der Waals surface area contributed by atoms with Crippen molar-refractivity contribution >= 4 is 38.1 Å². The van der Waals surface area contributed by atoms with Crippen molar-refractivity contribution in [2.75, 3.05) is 0 Å². The number of rotatable bonds is 2. The molecule has 2 aromatic heterocycles. The summed E-state index contributed by atoms with van der Waals surface area (Å²) in [6, 6.07) is 14.0. The average Bonchev–Trinajstić information content (AvgIpc) is 3.43. The van der Waals surface area contributed by atoms with Crippen molar-refractivity contribution in [3.05, 3.63) is 96.8 Å². The van der Waals surface area contributed by atoms with Crippen molar-refractivity contribution in [3.63, 3.8) is 0 Å². The molecule has 5 aromatic rings.